The van der Waals surface area contributed by atoms with Gasteiger partial charge in [0.2, 0.25) is 0 Å². The summed E-state index contributed by atoms with van der Waals surface area (Å²) in [5.74, 6) is -3.15. The lowest BCUT2D eigenvalue weighted by molar-refractivity contribution is -0.149. The molecule has 24 heavy (non-hydrogen) atoms. The Morgan fingerprint density at radius 3 is 2.46 bits per heavy atom. The summed E-state index contributed by atoms with van der Waals surface area (Å²) in [6, 6.07) is 1.18. The van der Waals surface area contributed by atoms with Gasteiger partial charge in [0, 0.05) is 0 Å². The van der Waals surface area contributed by atoms with Crippen LogP contribution in [0.5, 0.6) is 0 Å². The quantitative estimate of drug-likeness (QED) is 0.603. The highest BCUT2D eigenvalue weighted by atomic mass is 32.2. The van der Waals surface area contributed by atoms with E-state index < -0.39 is 47.9 Å². The summed E-state index contributed by atoms with van der Waals surface area (Å²) in [7, 11) is 0. The molecule has 4 N–H and O–H groups in total. The number of nitrogens with two attached hydrogens (primary N) is 1. The molecule has 1 atom stereocenters. The molecular weight excluding hydrogens is 344 g/mol. The van der Waals surface area contributed by atoms with Crippen molar-refractivity contribution >= 4 is 35.4 Å². The van der Waals surface area contributed by atoms with Gasteiger partial charge in [0.05, 0.1) is 0 Å². The highest BCUT2D eigenvalue weighted by Crippen LogP contribution is 2.17. The molecule has 0 saturated heterocycles. The van der Waals surface area contributed by atoms with Crippen molar-refractivity contribution in [3.05, 3.63) is 29.8 Å². The van der Waals surface area contributed by atoms with E-state index in [1.807, 2.05) is 11.6 Å². The molecule has 0 heterocycles. The van der Waals surface area contributed by atoms with E-state index in [0.717, 1.165) is 18.2 Å². The Balaban J connectivity index is 2.57. The molecule has 0 aliphatic heterocycles. The Morgan fingerprint density at radius 1 is 1.29 bits per heavy atom. The number of esters is 1. The Morgan fingerprint density at radius 2 is 1.92 bits per heavy atom. The van der Waals surface area contributed by atoms with Gasteiger partial charge < -0.3 is 21.1 Å². The predicted octanol–water partition coefficient (Wildman–Crippen LogP) is 1.24. The molecule has 0 aromatic heterocycles. The van der Waals surface area contributed by atoms with Gasteiger partial charge in [-0.05, 0) is 30.6 Å². The molecule has 1 aromatic carbocycles. The summed E-state index contributed by atoms with van der Waals surface area (Å²) >= 11 is 1.44. The lowest BCUT2D eigenvalue weighted by atomic mass is 10.2. The molecule has 0 spiro atoms. The van der Waals surface area contributed by atoms with E-state index in [0.29, 0.717) is 5.75 Å². The summed E-state index contributed by atoms with van der Waals surface area (Å²) in [5.41, 5.74) is 4.34. The number of para-hydroxylation sites is 1. The fourth-order valence-corrected chi connectivity index (χ4v) is 2.16. The Kier molecular flexibility index (Phi) is 7.96. The summed E-state index contributed by atoms with van der Waals surface area (Å²) in [6.45, 7) is -0.761. The van der Waals surface area contributed by atoms with Gasteiger partial charge in [-0.15, -0.1) is 0 Å². The first-order chi connectivity index (χ1) is 11.3. The number of anilines is 1. The van der Waals surface area contributed by atoms with Crippen molar-refractivity contribution in [2.75, 3.05) is 23.9 Å². The number of amides is 3. The maximum absolute atomic E-state index is 13.4. The van der Waals surface area contributed by atoms with Crippen molar-refractivity contribution in [3.63, 3.8) is 0 Å². The number of nitrogens with one attached hydrogen (secondary N) is 2. The van der Waals surface area contributed by atoms with Gasteiger partial charge in [0.1, 0.15) is 23.4 Å². The molecule has 0 saturated carbocycles. The minimum Gasteiger partial charge on any atom is -0.454 e. The van der Waals surface area contributed by atoms with Crippen molar-refractivity contribution in [3.8, 4) is 0 Å². The highest BCUT2D eigenvalue weighted by molar-refractivity contribution is 7.98. The first kappa shape index (κ1) is 19.7. The Hall–Kier alpha value is -2.36. The minimum atomic E-state index is -1.01. The van der Waals surface area contributed by atoms with Crippen molar-refractivity contribution in [2.24, 2.45) is 5.73 Å². The van der Waals surface area contributed by atoms with Gasteiger partial charge in [-0.25, -0.2) is 18.4 Å². The Bertz CT molecular complexity index is 595. The van der Waals surface area contributed by atoms with Gasteiger partial charge >= 0.3 is 12.0 Å². The highest BCUT2D eigenvalue weighted by Gasteiger charge is 2.22. The molecule has 132 valence electrons. The van der Waals surface area contributed by atoms with Crippen LogP contribution >= 0.6 is 11.8 Å². The first-order valence-corrected chi connectivity index (χ1v) is 8.20. The predicted molar refractivity (Wildman–Crippen MR) is 85.5 cm³/mol. The summed E-state index contributed by atoms with van der Waals surface area (Å²) < 4.78 is 31.5. The number of primary amides is 1. The number of ether oxygens (including phenoxy) is 1. The first-order valence-electron chi connectivity index (χ1n) is 6.80. The molecule has 0 aliphatic carbocycles. The largest absolute Gasteiger partial charge is 0.454 e. The number of rotatable bonds is 8. The third-order valence-corrected chi connectivity index (χ3v) is 3.43. The zero-order valence-corrected chi connectivity index (χ0v) is 13.6. The van der Waals surface area contributed by atoms with Gasteiger partial charge in [-0.1, -0.05) is 6.07 Å². The van der Waals surface area contributed by atoms with Crippen LogP contribution in [0.1, 0.15) is 6.42 Å². The minimum absolute atomic E-state index is 0.256. The second-order valence-corrected chi connectivity index (χ2v) is 5.58. The average molecular weight is 361 g/mol. The molecule has 0 unspecified atom stereocenters. The summed E-state index contributed by atoms with van der Waals surface area (Å²) in [5, 5.41) is 4.18. The third kappa shape index (κ3) is 6.41. The van der Waals surface area contributed by atoms with Crippen molar-refractivity contribution in [1.29, 1.82) is 0 Å². The number of urea groups is 1. The molecule has 1 aromatic rings. The fraction of sp³-hybridized carbons (Fsp3) is 0.357. The van der Waals surface area contributed by atoms with E-state index in [2.05, 4.69) is 5.32 Å². The smallest absolute Gasteiger partial charge is 0.329 e. The van der Waals surface area contributed by atoms with E-state index in [4.69, 9.17) is 10.5 Å². The number of hydrogen-bond donors (Lipinski definition) is 3. The zero-order valence-electron chi connectivity index (χ0n) is 12.8. The van der Waals surface area contributed by atoms with Crippen LogP contribution in [0.15, 0.2) is 18.2 Å². The van der Waals surface area contributed by atoms with Gasteiger partial charge in [-0.3, -0.25) is 4.79 Å². The van der Waals surface area contributed by atoms with Crippen molar-refractivity contribution in [1.82, 2.24) is 5.32 Å². The van der Waals surface area contributed by atoms with Gasteiger partial charge in [-0.2, -0.15) is 11.8 Å². The molecule has 0 aliphatic rings. The molecule has 0 radical (unpaired) electrons. The lowest BCUT2D eigenvalue weighted by Gasteiger charge is -2.16. The molecular formula is C14H17F2N3O4S. The second kappa shape index (κ2) is 9.71. The Labute approximate surface area is 141 Å². The van der Waals surface area contributed by atoms with Crippen LogP contribution in [0.25, 0.3) is 0 Å². The molecule has 10 heteroatoms. The monoisotopic (exact) mass is 361 g/mol. The lowest BCUT2D eigenvalue weighted by Crippen LogP contribution is -2.45. The van der Waals surface area contributed by atoms with Gasteiger partial charge in [0.15, 0.2) is 6.61 Å². The summed E-state index contributed by atoms with van der Waals surface area (Å²) in [6.07, 6.45) is 2.07. The topological polar surface area (TPSA) is 111 Å². The number of hydrogen-bond acceptors (Lipinski definition) is 5. The van der Waals surface area contributed by atoms with Crippen LogP contribution in [0.4, 0.5) is 19.3 Å². The zero-order chi connectivity index (χ0) is 18.1. The fourth-order valence-electron chi connectivity index (χ4n) is 1.69. The molecule has 1 rings (SSSR count). The molecule has 0 fully saturated rings. The standard InChI is InChI=1S/C14H17F2N3O4S/c1-24-6-5-10(18-14(17)22)13(21)23-7-11(20)19-12-8(15)3-2-4-9(12)16/h2-4,10H,5-7H2,1H3,(H,19,20)(H3,17,18,22)/t10-/m1/s1. The second-order valence-electron chi connectivity index (χ2n) is 4.60. The van der Waals surface area contributed by atoms with Crippen LogP contribution in [0.2, 0.25) is 0 Å². The molecule has 0 bridgehead atoms. The summed E-state index contributed by atoms with van der Waals surface area (Å²) in [4.78, 5) is 34.4. The van der Waals surface area contributed by atoms with E-state index >= 15 is 0 Å². The molecule has 7 nitrogen and oxygen atoms in total. The number of carbonyl (C=O) groups excluding carboxylic acids is 3. The van der Waals surface area contributed by atoms with E-state index in [9.17, 15) is 23.2 Å². The molecule has 3 amide bonds. The normalized spacial score (nSPS) is 11.5. The van der Waals surface area contributed by atoms with Gasteiger partial charge in [0.25, 0.3) is 5.91 Å². The SMILES string of the molecule is CSCC[C@@H](NC(N)=O)C(=O)OCC(=O)Nc1c(F)cccc1F. The van der Waals surface area contributed by atoms with Crippen LogP contribution in [-0.2, 0) is 14.3 Å². The third-order valence-electron chi connectivity index (χ3n) is 2.78. The van der Waals surface area contributed by atoms with Crippen LogP contribution in [-0.4, -0.2) is 42.6 Å². The number of halogens is 2. The number of carbonyl (C=O) groups is 3. The van der Waals surface area contributed by atoms with Crippen LogP contribution < -0.4 is 16.4 Å². The van der Waals surface area contributed by atoms with Crippen LogP contribution in [0, 0.1) is 11.6 Å². The number of benzene rings is 1. The van der Waals surface area contributed by atoms with Crippen molar-refractivity contribution in [2.45, 2.75) is 12.5 Å². The van der Waals surface area contributed by atoms with E-state index in [1.54, 1.807) is 0 Å². The number of thioether (sulfide) groups is 1. The average Bonchev–Trinajstić information content (AvgIpc) is 2.52. The van der Waals surface area contributed by atoms with Crippen molar-refractivity contribution < 1.29 is 27.9 Å². The van der Waals surface area contributed by atoms with Crippen LogP contribution in [0.3, 0.4) is 0 Å². The maximum atomic E-state index is 13.4. The van der Waals surface area contributed by atoms with E-state index in [-0.39, 0.29) is 6.42 Å². The van der Waals surface area contributed by atoms with E-state index in [1.165, 1.54) is 11.8 Å². The maximum Gasteiger partial charge on any atom is 0.329 e.